The summed E-state index contributed by atoms with van der Waals surface area (Å²) in [6.07, 6.45) is 2.66. The normalized spacial score (nSPS) is 21.6. The minimum Gasteiger partial charge on any atom is -0.386 e. The highest BCUT2D eigenvalue weighted by Gasteiger charge is 2.48. The molecule has 150 valence electrons. The van der Waals surface area contributed by atoms with Gasteiger partial charge in [-0.25, -0.2) is 0 Å². The molecule has 1 spiro atoms. The zero-order chi connectivity index (χ0) is 20.3. The summed E-state index contributed by atoms with van der Waals surface area (Å²) in [4.78, 5) is 36.6. The van der Waals surface area contributed by atoms with E-state index < -0.39 is 5.60 Å². The molecule has 1 N–H and O–H groups in total. The predicted octanol–water partition coefficient (Wildman–Crippen LogP) is 2.36. The summed E-state index contributed by atoms with van der Waals surface area (Å²) in [6.45, 7) is 3.56. The van der Waals surface area contributed by atoms with Crippen molar-refractivity contribution in [3.8, 4) is 0 Å². The minimum atomic E-state index is -0.609. The Bertz CT molecular complexity index is 916. The summed E-state index contributed by atoms with van der Waals surface area (Å²) in [5.41, 5.74) is 1.37. The topological polar surface area (TPSA) is 83.9 Å². The van der Waals surface area contributed by atoms with Crippen molar-refractivity contribution in [3.63, 3.8) is 0 Å². The molecule has 0 saturated carbocycles. The molecule has 1 aromatic heterocycles. The number of aromatic nitrogens is 1. The molecule has 7 heteroatoms. The van der Waals surface area contributed by atoms with Crippen LogP contribution in [0.15, 0.2) is 59.9 Å². The largest absolute Gasteiger partial charge is 0.386 e. The zero-order valence-electron chi connectivity index (χ0n) is 16.4. The third kappa shape index (κ3) is 4.13. The van der Waals surface area contributed by atoms with Gasteiger partial charge in [0.25, 0.3) is 11.8 Å². The van der Waals surface area contributed by atoms with Crippen molar-refractivity contribution in [1.82, 2.24) is 15.2 Å². The Morgan fingerprint density at radius 1 is 1.21 bits per heavy atom. The lowest BCUT2D eigenvalue weighted by atomic mass is 9.96. The van der Waals surface area contributed by atoms with E-state index in [-0.39, 0.29) is 17.7 Å². The SMILES string of the molecule is C[C@H](CNC(=O)C1=NO[C@@]2(CCN(C(=O)c3ccccn3)C2)C1)c1ccccc1. The first kappa shape index (κ1) is 19.1. The molecule has 1 fully saturated rings. The second kappa shape index (κ2) is 8.03. The number of hydrogen-bond donors (Lipinski definition) is 1. The molecular weight excluding hydrogens is 368 g/mol. The number of carbonyl (C=O) groups is 2. The predicted molar refractivity (Wildman–Crippen MR) is 108 cm³/mol. The van der Waals surface area contributed by atoms with Crippen molar-refractivity contribution in [2.75, 3.05) is 19.6 Å². The number of pyridine rings is 1. The zero-order valence-corrected chi connectivity index (χ0v) is 16.4. The monoisotopic (exact) mass is 392 g/mol. The van der Waals surface area contributed by atoms with Crippen LogP contribution in [0.2, 0.25) is 0 Å². The maximum atomic E-state index is 12.6. The van der Waals surface area contributed by atoms with E-state index in [0.717, 1.165) is 0 Å². The summed E-state index contributed by atoms with van der Waals surface area (Å²) in [7, 11) is 0. The lowest BCUT2D eigenvalue weighted by Gasteiger charge is -2.21. The van der Waals surface area contributed by atoms with Crippen LogP contribution in [-0.4, -0.2) is 52.6 Å². The first-order valence-electron chi connectivity index (χ1n) is 9.85. The van der Waals surface area contributed by atoms with Crippen LogP contribution in [0, 0.1) is 0 Å². The van der Waals surface area contributed by atoms with Crippen LogP contribution in [0.4, 0.5) is 0 Å². The van der Waals surface area contributed by atoms with E-state index in [4.69, 9.17) is 4.84 Å². The molecule has 0 aliphatic carbocycles. The van der Waals surface area contributed by atoms with E-state index in [1.165, 1.54) is 5.56 Å². The van der Waals surface area contributed by atoms with Gasteiger partial charge in [-0.15, -0.1) is 0 Å². The van der Waals surface area contributed by atoms with E-state index >= 15 is 0 Å². The van der Waals surface area contributed by atoms with Crippen LogP contribution in [0.5, 0.6) is 0 Å². The molecule has 1 saturated heterocycles. The molecule has 2 aliphatic heterocycles. The molecule has 0 bridgehead atoms. The van der Waals surface area contributed by atoms with Crippen molar-refractivity contribution in [3.05, 3.63) is 66.0 Å². The first-order chi connectivity index (χ1) is 14.1. The van der Waals surface area contributed by atoms with Crippen molar-refractivity contribution >= 4 is 17.5 Å². The standard InChI is InChI=1S/C22H24N4O3/c1-16(17-7-3-2-4-8-17)14-24-20(27)19-13-22(29-25-19)10-12-26(15-22)21(28)18-9-5-6-11-23-18/h2-9,11,16H,10,12-15H2,1H3,(H,24,27)/t16-,22+/m1/s1. The summed E-state index contributed by atoms with van der Waals surface area (Å²) in [6, 6.07) is 15.3. The Balaban J connectivity index is 1.30. The fraction of sp³-hybridized carbons (Fsp3) is 0.364. The fourth-order valence-corrected chi connectivity index (χ4v) is 3.78. The lowest BCUT2D eigenvalue weighted by Crippen LogP contribution is -2.39. The van der Waals surface area contributed by atoms with Crippen molar-refractivity contribution < 1.29 is 14.4 Å². The van der Waals surface area contributed by atoms with Gasteiger partial charge in [0.15, 0.2) is 5.60 Å². The number of likely N-dealkylation sites (tertiary alicyclic amines) is 1. The van der Waals surface area contributed by atoms with Gasteiger partial charge >= 0.3 is 0 Å². The van der Waals surface area contributed by atoms with Gasteiger partial charge in [0.2, 0.25) is 0 Å². The number of carbonyl (C=O) groups excluding carboxylic acids is 2. The highest BCUT2D eigenvalue weighted by Crippen LogP contribution is 2.34. The molecule has 7 nitrogen and oxygen atoms in total. The average molecular weight is 392 g/mol. The highest BCUT2D eigenvalue weighted by molar-refractivity contribution is 6.39. The number of nitrogens with one attached hydrogen (secondary N) is 1. The highest BCUT2D eigenvalue weighted by atomic mass is 16.7. The van der Waals surface area contributed by atoms with Gasteiger partial charge in [0.05, 0.1) is 6.54 Å². The van der Waals surface area contributed by atoms with Gasteiger partial charge in [-0.2, -0.15) is 0 Å². The second-order valence-corrected chi connectivity index (χ2v) is 7.70. The molecular formula is C22H24N4O3. The Morgan fingerprint density at radius 2 is 2.00 bits per heavy atom. The van der Waals surface area contributed by atoms with Crippen LogP contribution in [0.25, 0.3) is 0 Å². The summed E-state index contributed by atoms with van der Waals surface area (Å²) in [5, 5.41) is 6.99. The molecule has 2 aliphatic rings. The molecule has 1 aromatic carbocycles. The summed E-state index contributed by atoms with van der Waals surface area (Å²) in [5.74, 6) is -0.130. The van der Waals surface area contributed by atoms with Crippen molar-refractivity contribution in [2.45, 2.75) is 31.3 Å². The third-order valence-electron chi connectivity index (χ3n) is 5.53. The van der Waals surface area contributed by atoms with Gasteiger partial charge in [0.1, 0.15) is 11.4 Å². The Labute approximate surface area is 169 Å². The summed E-state index contributed by atoms with van der Waals surface area (Å²) < 4.78 is 0. The first-order valence-corrected chi connectivity index (χ1v) is 9.85. The second-order valence-electron chi connectivity index (χ2n) is 7.70. The van der Waals surface area contributed by atoms with E-state index in [9.17, 15) is 9.59 Å². The van der Waals surface area contributed by atoms with Gasteiger partial charge in [0, 0.05) is 32.1 Å². The van der Waals surface area contributed by atoms with Crippen LogP contribution < -0.4 is 5.32 Å². The van der Waals surface area contributed by atoms with E-state index in [1.807, 2.05) is 30.3 Å². The Morgan fingerprint density at radius 3 is 2.76 bits per heavy atom. The molecule has 3 heterocycles. The smallest absolute Gasteiger partial charge is 0.272 e. The molecule has 0 unspecified atom stereocenters. The Hall–Kier alpha value is -3.22. The fourth-order valence-electron chi connectivity index (χ4n) is 3.78. The molecule has 4 rings (SSSR count). The van der Waals surface area contributed by atoms with Gasteiger partial charge in [-0.1, -0.05) is 48.5 Å². The van der Waals surface area contributed by atoms with Crippen LogP contribution in [0.3, 0.4) is 0 Å². The number of amides is 2. The van der Waals surface area contributed by atoms with Crippen LogP contribution >= 0.6 is 0 Å². The number of benzene rings is 1. The maximum Gasteiger partial charge on any atom is 0.272 e. The minimum absolute atomic E-state index is 0.124. The van der Waals surface area contributed by atoms with E-state index in [2.05, 4.69) is 22.4 Å². The molecule has 29 heavy (non-hydrogen) atoms. The van der Waals surface area contributed by atoms with Crippen LogP contribution in [-0.2, 0) is 9.63 Å². The van der Waals surface area contributed by atoms with Gasteiger partial charge in [-0.05, 0) is 23.6 Å². The average Bonchev–Trinajstić information content (AvgIpc) is 3.39. The van der Waals surface area contributed by atoms with E-state index in [0.29, 0.717) is 43.9 Å². The molecule has 2 amide bonds. The van der Waals surface area contributed by atoms with Crippen molar-refractivity contribution in [2.24, 2.45) is 5.16 Å². The number of oxime groups is 1. The van der Waals surface area contributed by atoms with Gasteiger partial charge < -0.3 is 15.1 Å². The molecule has 0 radical (unpaired) electrons. The van der Waals surface area contributed by atoms with Gasteiger partial charge in [-0.3, -0.25) is 14.6 Å². The Kier molecular flexibility index (Phi) is 5.29. The molecule has 2 atom stereocenters. The third-order valence-corrected chi connectivity index (χ3v) is 5.53. The quantitative estimate of drug-likeness (QED) is 0.847. The van der Waals surface area contributed by atoms with Crippen molar-refractivity contribution in [1.29, 1.82) is 0 Å². The van der Waals surface area contributed by atoms with Crippen LogP contribution in [0.1, 0.15) is 41.7 Å². The maximum absolute atomic E-state index is 12.6. The number of nitrogens with zero attached hydrogens (tertiary/aromatic N) is 3. The lowest BCUT2D eigenvalue weighted by molar-refractivity contribution is -0.115. The van der Waals surface area contributed by atoms with E-state index in [1.54, 1.807) is 29.3 Å². The number of hydrogen-bond acceptors (Lipinski definition) is 5. The summed E-state index contributed by atoms with van der Waals surface area (Å²) >= 11 is 0. The molecule has 2 aromatic rings. The number of rotatable bonds is 5.